The van der Waals surface area contributed by atoms with Crippen LogP contribution in [0.25, 0.3) is 0 Å². The van der Waals surface area contributed by atoms with E-state index < -0.39 is 43.6 Å². The molecular weight excluding hydrogens is 301 g/mol. The lowest BCUT2D eigenvalue weighted by atomic mass is 10.1. The van der Waals surface area contributed by atoms with Gasteiger partial charge in [0.25, 0.3) is 5.91 Å². The molecule has 0 fully saturated rings. The van der Waals surface area contributed by atoms with Crippen molar-refractivity contribution >= 4 is 25.6 Å². The monoisotopic (exact) mass is 321 g/mol. The number of carboxylic acids is 1. The first-order chi connectivity index (χ1) is 9.60. The van der Waals surface area contributed by atoms with Gasteiger partial charge in [0.2, 0.25) is 12.3 Å². The quantitative estimate of drug-likeness (QED) is 0.271. The van der Waals surface area contributed by atoms with Crippen LogP contribution in [0, 0.1) is 0 Å². The number of aliphatic hydroxyl groups excluding tert-OH is 1. The number of hydrogen-bond acceptors (Lipinski definition) is 7. The van der Waals surface area contributed by atoms with Crippen LogP contribution in [-0.2, 0) is 18.9 Å². The molecule has 0 spiro atoms. The molecule has 0 aromatic carbocycles. The number of carbonyl (C=O) groups excluding carboxylic acids is 3. The number of carboxylic acid groups (broad SMARTS) is 1. The number of nitrogens with one attached hydrogen (secondary N) is 2. The van der Waals surface area contributed by atoms with Crippen LogP contribution >= 0.6 is 7.80 Å². The van der Waals surface area contributed by atoms with E-state index in [1.165, 1.54) is 13.8 Å². The molecule has 5 N–H and O–H groups in total. The van der Waals surface area contributed by atoms with Crippen LogP contribution in [0.3, 0.4) is 0 Å². The van der Waals surface area contributed by atoms with Crippen molar-refractivity contribution in [2.45, 2.75) is 38.4 Å². The van der Waals surface area contributed by atoms with Crippen LogP contribution in [0.15, 0.2) is 0 Å². The molecule has 120 valence electrons. The summed E-state index contributed by atoms with van der Waals surface area (Å²) in [6, 6.07) is -1.24. The molecule has 0 saturated heterocycles. The molecule has 0 rings (SSSR count). The van der Waals surface area contributed by atoms with E-state index in [0.717, 1.165) is 0 Å². The third-order valence-corrected chi connectivity index (χ3v) is 3.67. The molecule has 0 bridgehead atoms. The molecule has 3 atom stereocenters. The third kappa shape index (κ3) is 7.69. The standard InChI is InChI=1S/C11H20N3O6P/c1-7(9(17)18)13-10(19)11(2,12)14-8(16)4-3-5-21(20)6-15/h7,15H,3-6,12H2,1-2H3,(H2-,13,14,16,17,18,19)/t7-,11-/m0/s1. The van der Waals surface area contributed by atoms with Gasteiger partial charge in [-0.15, -0.1) is 0 Å². The molecule has 0 saturated carbocycles. The summed E-state index contributed by atoms with van der Waals surface area (Å²) < 4.78 is 11.0. The highest BCUT2D eigenvalue weighted by Crippen LogP contribution is 2.19. The lowest BCUT2D eigenvalue weighted by Crippen LogP contribution is -2.65. The van der Waals surface area contributed by atoms with E-state index in [1.54, 1.807) is 0 Å². The summed E-state index contributed by atoms with van der Waals surface area (Å²) in [4.78, 5) is 33.8. The van der Waals surface area contributed by atoms with Gasteiger partial charge in [0.05, 0.1) is 12.0 Å². The zero-order valence-corrected chi connectivity index (χ0v) is 12.8. The van der Waals surface area contributed by atoms with Gasteiger partial charge in [-0.3, -0.25) is 9.59 Å². The Kier molecular flexibility index (Phi) is 8.01. The number of amides is 2. The second-order valence-electron chi connectivity index (χ2n) is 4.72. The number of aliphatic carboxylic acids is 1. The average Bonchev–Trinajstić information content (AvgIpc) is 2.37. The first-order valence-corrected chi connectivity index (χ1v) is 7.87. The predicted molar refractivity (Wildman–Crippen MR) is 72.1 cm³/mol. The highest BCUT2D eigenvalue weighted by atomic mass is 31.1. The summed E-state index contributed by atoms with van der Waals surface area (Å²) in [5.74, 6) is -2.88. The van der Waals surface area contributed by atoms with Gasteiger partial charge in [0.1, 0.15) is 6.16 Å². The lowest BCUT2D eigenvalue weighted by Gasteiger charge is -2.27. The smallest absolute Gasteiger partial charge is 0.366 e. The van der Waals surface area contributed by atoms with E-state index >= 15 is 0 Å². The van der Waals surface area contributed by atoms with Crippen molar-refractivity contribution in [2.75, 3.05) is 12.5 Å². The fourth-order valence-electron chi connectivity index (χ4n) is 1.30. The Hall–Kier alpha value is -1.57. The van der Waals surface area contributed by atoms with Crippen LogP contribution < -0.4 is 21.5 Å². The van der Waals surface area contributed by atoms with Crippen molar-refractivity contribution in [2.24, 2.45) is 5.73 Å². The van der Waals surface area contributed by atoms with E-state index in [2.05, 4.69) is 10.6 Å². The van der Waals surface area contributed by atoms with Crippen LogP contribution in [0.1, 0.15) is 26.7 Å². The maximum absolute atomic E-state index is 11.7. The van der Waals surface area contributed by atoms with Gasteiger partial charge in [0.15, 0.2) is 5.66 Å². The molecule has 10 heteroatoms. The second kappa shape index (κ2) is 8.66. The SMILES string of the molecule is C[C@H](NC(=O)[C@@](C)(N)NC(=O)CCC[P+](=O)CO)C(=O)[O-]. The van der Waals surface area contributed by atoms with E-state index in [4.69, 9.17) is 10.8 Å². The molecule has 0 aliphatic rings. The van der Waals surface area contributed by atoms with E-state index in [0.29, 0.717) is 0 Å². The molecule has 9 nitrogen and oxygen atoms in total. The van der Waals surface area contributed by atoms with Crippen LogP contribution in [0.2, 0.25) is 0 Å². The summed E-state index contributed by atoms with van der Waals surface area (Å²) in [7, 11) is -1.73. The summed E-state index contributed by atoms with van der Waals surface area (Å²) in [6.45, 7) is 2.42. The zero-order valence-electron chi connectivity index (χ0n) is 11.9. The average molecular weight is 321 g/mol. The molecule has 0 aromatic heterocycles. The van der Waals surface area contributed by atoms with Crippen LogP contribution in [-0.4, -0.2) is 47.1 Å². The fourth-order valence-corrected chi connectivity index (χ4v) is 1.95. The lowest BCUT2D eigenvalue weighted by molar-refractivity contribution is -0.307. The number of aliphatic hydroxyl groups is 1. The molecule has 1 unspecified atom stereocenters. The summed E-state index contributed by atoms with van der Waals surface area (Å²) in [5, 5.41) is 23.4. The van der Waals surface area contributed by atoms with Crippen molar-refractivity contribution < 1.29 is 29.2 Å². The maximum Gasteiger partial charge on any atom is 0.366 e. The van der Waals surface area contributed by atoms with E-state index in [9.17, 15) is 24.1 Å². The first-order valence-electron chi connectivity index (χ1n) is 6.24. The predicted octanol–water partition coefficient (Wildman–Crippen LogP) is -2.41. The Morgan fingerprint density at radius 2 is 2.00 bits per heavy atom. The molecule has 0 heterocycles. The normalized spacial score (nSPS) is 15.5. The van der Waals surface area contributed by atoms with Gasteiger partial charge in [-0.25, -0.2) is 0 Å². The van der Waals surface area contributed by atoms with Crippen molar-refractivity contribution in [3.05, 3.63) is 0 Å². The maximum atomic E-state index is 11.7. The molecule has 0 radical (unpaired) electrons. The fraction of sp³-hybridized carbons (Fsp3) is 0.727. The van der Waals surface area contributed by atoms with Crippen molar-refractivity contribution in [3.63, 3.8) is 0 Å². The van der Waals surface area contributed by atoms with Crippen molar-refractivity contribution in [1.29, 1.82) is 0 Å². The molecule has 0 aromatic rings. The summed E-state index contributed by atoms with van der Waals surface area (Å²) >= 11 is 0. The number of hydrogen-bond donors (Lipinski definition) is 4. The highest BCUT2D eigenvalue weighted by molar-refractivity contribution is 7.44. The zero-order chi connectivity index (χ0) is 16.6. The summed E-state index contributed by atoms with van der Waals surface area (Å²) in [6.07, 6.45) is 0.00938. The second-order valence-corrected chi connectivity index (χ2v) is 6.41. The van der Waals surface area contributed by atoms with Gasteiger partial charge in [0, 0.05) is 6.42 Å². The molecule has 0 aliphatic heterocycles. The Morgan fingerprint density at radius 3 is 2.48 bits per heavy atom. The number of carbonyl (C=O) groups is 3. The molecule has 2 amide bonds. The van der Waals surface area contributed by atoms with Gasteiger partial charge in [-0.2, -0.15) is 0 Å². The number of rotatable bonds is 9. The minimum atomic E-state index is -1.78. The van der Waals surface area contributed by atoms with Crippen LogP contribution in [0.4, 0.5) is 0 Å². The van der Waals surface area contributed by atoms with Crippen molar-refractivity contribution in [3.8, 4) is 0 Å². The third-order valence-electron chi connectivity index (χ3n) is 2.54. The minimum Gasteiger partial charge on any atom is -0.548 e. The number of nitrogens with two attached hydrogens (primary N) is 1. The van der Waals surface area contributed by atoms with E-state index in [1.807, 2.05) is 0 Å². The van der Waals surface area contributed by atoms with Gasteiger partial charge in [-0.05, 0) is 20.3 Å². The summed E-state index contributed by atoms with van der Waals surface area (Å²) in [5.41, 5.74) is 3.83. The topological polar surface area (TPSA) is 162 Å². The largest absolute Gasteiger partial charge is 0.548 e. The molecule has 21 heavy (non-hydrogen) atoms. The van der Waals surface area contributed by atoms with Gasteiger partial charge >= 0.3 is 7.80 Å². The van der Waals surface area contributed by atoms with Gasteiger partial charge < -0.3 is 31.4 Å². The Balaban J connectivity index is 4.32. The molecular formula is C11H20N3O6P. The molecule has 0 aliphatic carbocycles. The minimum absolute atomic E-state index is 0.0167. The van der Waals surface area contributed by atoms with Crippen LogP contribution in [0.5, 0.6) is 0 Å². The highest BCUT2D eigenvalue weighted by Gasteiger charge is 2.31. The Bertz CT molecular complexity index is 426. The van der Waals surface area contributed by atoms with E-state index in [-0.39, 0.29) is 19.0 Å². The Morgan fingerprint density at radius 1 is 1.43 bits per heavy atom. The van der Waals surface area contributed by atoms with Crippen molar-refractivity contribution in [1.82, 2.24) is 10.6 Å². The first kappa shape index (κ1) is 19.4. The Labute approximate surface area is 123 Å². The van der Waals surface area contributed by atoms with Gasteiger partial charge in [-0.1, -0.05) is 4.57 Å².